The lowest BCUT2D eigenvalue weighted by molar-refractivity contribution is 0.0691. The van der Waals surface area contributed by atoms with E-state index in [1.165, 1.54) is 33.6 Å². The van der Waals surface area contributed by atoms with Gasteiger partial charge in [-0.05, 0) is 37.8 Å². The Morgan fingerprint density at radius 1 is 1.43 bits per heavy atom. The van der Waals surface area contributed by atoms with Crippen LogP contribution in [0.3, 0.4) is 0 Å². The molecule has 0 bridgehead atoms. The number of aromatic nitrogens is 1. The molecule has 0 spiro atoms. The molecule has 1 amide bonds. The normalized spacial score (nSPS) is 14.7. The highest BCUT2D eigenvalue weighted by Crippen LogP contribution is 2.31. The number of carboxylic acid groups (broad SMARTS) is 1. The number of nitrogens with one attached hydrogen (secondary N) is 1. The number of hydrogen-bond donors (Lipinski definition) is 2. The van der Waals surface area contributed by atoms with Crippen LogP contribution in [0.1, 0.15) is 55.0 Å². The first-order chi connectivity index (χ1) is 10.0. The molecule has 2 aromatic heterocycles. The van der Waals surface area contributed by atoms with E-state index in [2.05, 4.69) is 10.3 Å². The van der Waals surface area contributed by atoms with Gasteiger partial charge in [0.05, 0.1) is 10.9 Å². The highest BCUT2D eigenvalue weighted by atomic mass is 32.1. The zero-order valence-electron chi connectivity index (χ0n) is 11.4. The Labute approximate surface area is 129 Å². The fraction of sp³-hybridized carbons (Fsp3) is 0.357. The molecule has 0 saturated heterocycles. The average Bonchev–Trinajstić information content (AvgIpc) is 3.13. The molecule has 0 aromatic carbocycles. The van der Waals surface area contributed by atoms with Gasteiger partial charge in [0.25, 0.3) is 5.91 Å². The number of hydrogen-bond acceptors (Lipinski definition) is 5. The summed E-state index contributed by atoms with van der Waals surface area (Å²) in [6, 6.07) is 1.67. The first-order valence-corrected chi connectivity index (χ1v) is 8.35. The Morgan fingerprint density at radius 3 is 2.90 bits per heavy atom. The third kappa shape index (κ3) is 2.84. The van der Waals surface area contributed by atoms with Gasteiger partial charge in [-0.3, -0.25) is 4.79 Å². The maximum absolute atomic E-state index is 12.2. The molecule has 7 heteroatoms. The summed E-state index contributed by atoms with van der Waals surface area (Å²) in [5, 5.41) is 13.8. The number of aromatic carboxylic acids is 1. The van der Waals surface area contributed by atoms with Crippen molar-refractivity contribution >= 4 is 34.6 Å². The Kier molecular flexibility index (Phi) is 3.77. The summed E-state index contributed by atoms with van der Waals surface area (Å²) in [5.41, 5.74) is 1.31. The molecule has 5 nitrogen and oxygen atoms in total. The van der Waals surface area contributed by atoms with Crippen LogP contribution in [-0.2, 0) is 12.8 Å². The summed E-state index contributed by atoms with van der Waals surface area (Å²) in [6.07, 6.45) is 3.30. The van der Waals surface area contributed by atoms with Gasteiger partial charge < -0.3 is 10.4 Å². The van der Waals surface area contributed by atoms with Crippen molar-refractivity contribution in [2.24, 2.45) is 0 Å². The molecule has 1 aliphatic rings. The molecular formula is C14H14N2O3S2. The van der Waals surface area contributed by atoms with Gasteiger partial charge in [0, 0.05) is 10.3 Å². The lowest BCUT2D eigenvalue weighted by atomic mass is 10.2. The standard InChI is InChI=1S/C14H14N2O3S2/c1-7(13-16-9(6-20-13)14(18)19)15-12(17)11-5-8-3-2-4-10(8)21-11/h5-7H,2-4H2,1H3,(H,15,17)(H,18,19). The lowest BCUT2D eigenvalue weighted by Crippen LogP contribution is -2.25. The van der Waals surface area contributed by atoms with Gasteiger partial charge in [0.2, 0.25) is 0 Å². The maximum atomic E-state index is 12.2. The Balaban J connectivity index is 1.69. The first-order valence-electron chi connectivity index (χ1n) is 6.65. The molecule has 3 rings (SSSR count). The highest BCUT2D eigenvalue weighted by Gasteiger charge is 2.21. The SMILES string of the molecule is CC(NC(=O)c1cc2c(s1)CCC2)c1nc(C(=O)O)cs1. The van der Waals surface area contributed by atoms with Gasteiger partial charge in [0.1, 0.15) is 5.01 Å². The molecule has 0 radical (unpaired) electrons. The highest BCUT2D eigenvalue weighted by molar-refractivity contribution is 7.14. The van der Waals surface area contributed by atoms with Crippen LogP contribution >= 0.6 is 22.7 Å². The second-order valence-corrected chi connectivity index (χ2v) is 7.01. The number of carbonyl (C=O) groups excluding carboxylic acids is 1. The molecule has 2 heterocycles. The van der Waals surface area contributed by atoms with Gasteiger partial charge in [-0.1, -0.05) is 0 Å². The van der Waals surface area contributed by atoms with Gasteiger partial charge >= 0.3 is 5.97 Å². The van der Waals surface area contributed by atoms with Gasteiger partial charge in [0.15, 0.2) is 5.69 Å². The summed E-state index contributed by atoms with van der Waals surface area (Å²) in [5.74, 6) is -1.17. The molecule has 2 N–H and O–H groups in total. The molecule has 110 valence electrons. The molecule has 0 saturated carbocycles. The Morgan fingerprint density at radius 2 is 2.24 bits per heavy atom. The van der Waals surface area contributed by atoms with E-state index in [9.17, 15) is 9.59 Å². The van der Waals surface area contributed by atoms with Gasteiger partial charge in [-0.25, -0.2) is 9.78 Å². The zero-order valence-corrected chi connectivity index (χ0v) is 13.0. The van der Waals surface area contributed by atoms with E-state index in [4.69, 9.17) is 5.11 Å². The van der Waals surface area contributed by atoms with E-state index in [1.54, 1.807) is 11.3 Å². The van der Waals surface area contributed by atoms with Gasteiger partial charge in [-0.2, -0.15) is 0 Å². The van der Waals surface area contributed by atoms with Crippen LogP contribution in [0.5, 0.6) is 0 Å². The van der Waals surface area contributed by atoms with E-state index in [0.717, 1.165) is 17.7 Å². The number of fused-ring (bicyclic) bond motifs is 1. The second-order valence-electron chi connectivity index (χ2n) is 4.98. The first kappa shape index (κ1) is 14.2. The van der Waals surface area contributed by atoms with Crippen LogP contribution in [0.2, 0.25) is 0 Å². The molecule has 2 aromatic rings. The fourth-order valence-electron chi connectivity index (χ4n) is 2.36. The van der Waals surface area contributed by atoms with Crippen molar-refractivity contribution in [3.8, 4) is 0 Å². The van der Waals surface area contributed by atoms with Crippen molar-refractivity contribution in [3.05, 3.63) is 37.5 Å². The Bertz CT molecular complexity index is 683. The second kappa shape index (κ2) is 5.57. The van der Waals surface area contributed by atoms with E-state index in [0.29, 0.717) is 5.01 Å². The molecule has 1 atom stereocenters. The molecule has 21 heavy (non-hydrogen) atoms. The smallest absolute Gasteiger partial charge is 0.355 e. The maximum Gasteiger partial charge on any atom is 0.355 e. The molecule has 0 aliphatic heterocycles. The van der Waals surface area contributed by atoms with E-state index in [-0.39, 0.29) is 17.6 Å². The monoisotopic (exact) mass is 322 g/mol. The number of carboxylic acids is 1. The predicted octanol–water partition coefficient (Wildman–Crippen LogP) is 2.88. The summed E-state index contributed by atoms with van der Waals surface area (Å²) in [7, 11) is 0. The quantitative estimate of drug-likeness (QED) is 0.907. The van der Waals surface area contributed by atoms with E-state index < -0.39 is 5.97 Å². The average molecular weight is 322 g/mol. The van der Waals surface area contributed by atoms with Crippen LogP contribution in [0.15, 0.2) is 11.4 Å². The number of nitrogens with zero attached hydrogens (tertiary/aromatic N) is 1. The summed E-state index contributed by atoms with van der Waals surface area (Å²) in [4.78, 5) is 29.1. The molecule has 1 aliphatic carbocycles. The molecule has 1 unspecified atom stereocenters. The van der Waals surface area contributed by atoms with Crippen LogP contribution in [0.25, 0.3) is 0 Å². The third-order valence-corrected chi connectivity index (χ3v) is 5.69. The number of thiazole rings is 1. The largest absolute Gasteiger partial charge is 0.476 e. The molecular weight excluding hydrogens is 308 g/mol. The minimum absolute atomic E-state index is 0.0196. The van der Waals surface area contributed by atoms with Crippen LogP contribution in [0.4, 0.5) is 0 Å². The number of thiophene rings is 1. The lowest BCUT2D eigenvalue weighted by Gasteiger charge is -2.10. The van der Waals surface area contributed by atoms with Crippen molar-refractivity contribution in [3.63, 3.8) is 0 Å². The summed E-state index contributed by atoms with van der Waals surface area (Å²) >= 11 is 2.80. The van der Waals surface area contributed by atoms with Crippen LogP contribution < -0.4 is 5.32 Å². The Hall–Kier alpha value is -1.73. The number of carbonyl (C=O) groups is 2. The zero-order chi connectivity index (χ0) is 15.0. The number of amides is 1. The van der Waals surface area contributed by atoms with Crippen molar-refractivity contribution in [2.45, 2.75) is 32.2 Å². The van der Waals surface area contributed by atoms with Crippen LogP contribution in [0, 0.1) is 0 Å². The molecule has 0 fully saturated rings. The van der Waals surface area contributed by atoms with E-state index in [1.807, 2.05) is 13.0 Å². The van der Waals surface area contributed by atoms with E-state index >= 15 is 0 Å². The van der Waals surface area contributed by atoms with Gasteiger partial charge in [-0.15, -0.1) is 22.7 Å². The summed E-state index contributed by atoms with van der Waals surface area (Å²) in [6.45, 7) is 1.81. The minimum atomic E-state index is -1.05. The third-order valence-electron chi connectivity index (χ3n) is 3.43. The van der Waals surface area contributed by atoms with Crippen molar-refractivity contribution in [1.82, 2.24) is 10.3 Å². The summed E-state index contributed by atoms with van der Waals surface area (Å²) < 4.78 is 0. The van der Waals surface area contributed by atoms with Crippen LogP contribution in [-0.4, -0.2) is 22.0 Å². The van der Waals surface area contributed by atoms with Crippen molar-refractivity contribution in [2.75, 3.05) is 0 Å². The minimum Gasteiger partial charge on any atom is -0.476 e. The van der Waals surface area contributed by atoms with Crippen molar-refractivity contribution in [1.29, 1.82) is 0 Å². The fourth-order valence-corrected chi connectivity index (χ4v) is 4.31. The topological polar surface area (TPSA) is 79.3 Å². The predicted molar refractivity (Wildman–Crippen MR) is 81.3 cm³/mol. The number of rotatable bonds is 4. The number of aryl methyl sites for hydroxylation is 2. The van der Waals surface area contributed by atoms with Crippen molar-refractivity contribution < 1.29 is 14.7 Å².